The van der Waals surface area contributed by atoms with E-state index in [-0.39, 0.29) is 19.1 Å². The van der Waals surface area contributed by atoms with E-state index in [1.807, 2.05) is 0 Å². The normalized spacial score (nSPS) is 11.8. The van der Waals surface area contributed by atoms with Crippen LogP contribution in [0.1, 0.15) is 0 Å². The fourth-order valence-corrected chi connectivity index (χ4v) is 0.741. The molecule has 6 heteroatoms. The van der Waals surface area contributed by atoms with E-state index in [1.54, 1.807) is 0 Å². The maximum atomic E-state index is 11.7. The Labute approximate surface area is 64.3 Å². The lowest BCUT2D eigenvalue weighted by Crippen LogP contribution is -2.08. The van der Waals surface area contributed by atoms with Gasteiger partial charge in [0.1, 0.15) is 5.75 Å². The molecule has 0 saturated heterocycles. The Morgan fingerprint density at radius 1 is 1.40 bits per heavy atom. The number of alkyl halides is 1. The topological polar surface area (TPSA) is 43.4 Å². The van der Waals surface area contributed by atoms with E-state index >= 15 is 0 Å². The van der Waals surface area contributed by atoms with E-state index in [2.05, 4.69) is 4.74 Å². The molecule has 0 saturated carbocycles. The minimum absolute atomic E-state index is 0.133. The number of rotatable bonds is 5. The summed E-state index contributed by atoms with van der Waals surface area (Å²) in [5, 5.41) is 0. The highest BCUT2D eigenvalue weighted by molar-refractivity contribution is 7.86. The molecule has 62 valence electrons. The zero-order chi connectivity index (χ0) is 8.04. The lowest BCUT2D eigenvalue weighted by Gasteiger charge is -1.96. The fraction of sp³-hybridized carbons (Fsp3) is 1.00. The second-order valence-corrected chi connectivity index (χ2v) is 3.41. The summed E-state index contributed by atoms with van der Waals surface area (Å²) in [6.45, 7) is 0.114. The Bertz CT molecular complexity index is 167. The molecule has 0 unspecified atom stereocenters. The van der Waals surface area contributed by atoms with Crippen molar-refractivity contribution in [3.05, 3.63) is 0 Å². The molecule has 10 heavy (non-hydrogen) atoms. The van der Waals surface area contributed by atoms with Gasteiger partial charge in [-0.25, -0.2) is 0 Å². The Balaban J connectivity index is 3.21. The zero-order valence-electron chi connectivity index (χ0n) is 5.22. The molecule has 0 aliphatic heterocycles. The van der Waals surface area contributed by atoms with Crippen LogP contribution in [0.2, 0.25) is 0 Å². The average Bonchev–Trinajstić information content (AvgIpc) is 1.78. The van der Waals surface area contributed by atoms with Gasteiger partial charge >= 0.3 is 10.2 Å². The summed E-state index contributed by atoms with van der Waals surface area (Å²) >= 11 is 5.18. The first-order valence-corrected chi connectivity index (χ1v) is 4.71. The lowest BCUT2D eigenvalue weighted by molar-refractivity contribution is 0.164. The summed E-state index contributed by atoms with van der Waals surface area (Å²) in [6.07, 6.45) is 0. The van der Waals surface area contributed by atoms with Crippen molar-refractivity contribution in [2.45, 2.75) is 0 Å². The summed E-state index contributed by atoms with van der Waals surface area (Å²) in [4.78, 5) is 0. The molecule has 0 spiro atoms. The maximum Gasteiger partial charge on any atom is 0.304 e. The van der Waals surface area contributed by atoms with Gasteiger partial charge in [0.25, 0.3) is 0 Å². The zero-order valence-corrected chi connectivity index (χ0v) is 6.79. The summed E-state index contributed by atoms with van der Waals surface area (Å²) in [5.41, 5.74) is 0. The molecular formula is C4H8ClFO3S. The van der Waals surface area contributed by atoms with E-state index in [9.17, 15) is 12.3 Å². The number of hydrogen-bond acceptors (Lipinski definition) is 3. The number of ether oxygens (including phenoxy) is 1. The summed E-state index contributed by atoms with van der Waals surface area (Å²) in [6, 6.07) is 0. The second kappa shape index (κ2) is 4.87. The molecule has 0 aliphatic carbocycles. The van der Waals surface area contributed by atoms with Gasteiger partial charge in [-0.15, -0.1) is 15.5 Å². The van der Waals surface area contributed by atoms with Crippen LogP contribution in [-0.2, 0) is 15.0 Å². The number of halogens is 2. The predicted octanol–water partition coefficient (Wildman–Crippen LogP) is 0.541. The highest BCUT2D eigenvalue weighted by atomic mass is 35.5. The van der Waals surface area contributed by atoms with Crippen molar-refractivity contribution in [2.24, 2.45) is 0 Å². The largest absolute Gasteiger partial charge is 0.379 e. The first-order valence-electron chi connectivity index (χ1n) is 2.62. The van der Waals surface area contributed by atoms with Gasteiger partial charge in [0, 0.05) is 5.88 Å². The molecule has 0 aromatic heterocycles. The molecule has 0 radical (unpaired) electrons. The average molecular weight is 191 g/mol. The van der Waals surface area contributed by atoms with Crippen LogP contribution in [0.15, 0.2) is 0 Å². The van der Waals surface area contributed by atoms with Crippen LogP contribution in [0.3, 0.4) is 0 Å². The van der Waals surface area contributed by atoms with Crippen LogP contribution in [0, 0.1) is 0 Å². The standard InChI is InChI=1S/C4H8ClFO3S/c5-1-2-9-3-4-10(6,7)8/h1-4H2. The van der Waals surface area contributed by atoms with Gasteiger partial charge < -0.3 is 4.74 Å². The van der Waals surface area contributed by atoms with Gasteiger partial charge in [-0.05, 0) is 0 Å². The molecular weight excluding hydrogens is 183 g/mol. The Hall–Kier alpha value is 0.130. The molecule has 0 fully saturated rings. The highest BCUT2D eigenvalue weighted by Crippen LogP contribution is 1.90. The molecule has 0 heterocycles. The third kappa shape index (κ3) is 8.13. The van der Waals surface area contributed by atoms with E-state index in [4.69, 9.17) is 11.6 Å². The van der Waals surface area contributed by atoms with E-state index in [1.165, 1.54) is 0 Å². The van der Waals surface area contributed by atoms with E-state index in [0.717, 1.165) is 0 Å². The summed E-state index contributed by atoms with van der Waals surface area (Å²) in [7, 11) is -4.37. The quantitative estimate of drug-likeness (QED) is 0.361. The Morgan fingerprint density at radius 3 is 2.40 bits per heavy atom. The van der Waals surface area contributed by atoms with Gasteiger partial charge in [0.05, 0.1) is 13.2 Å². The van der Waals surface area contributed by atoms with Gasteiger partial charge in [-0.1, -0.05) is 0 Å². The molecule has 3 nitrogen and oxygen atoms in total. The van der Waals surface area contributed by atoms with Crippen LogP contribution in [0.4, 0.5) is 3.89 Å². The molecule has 0 N–H and O–H groups in total. The molecule has 0 aromatic rings. The SMILES string of the molecule is O=S(=O)(F)CCOCCCl. The second-order valence-electron chi connectivity index (χ2n) is 1.54. The Morgan fingerprint density at radius 2 is 2.00 bits per heavy atom. The predicted molar refractivity (Wildman–Crippen MR) is 36.4 cm³/mol. The summed E-state index contributed by atoms with van der Waals surface area (Å²) in [5.74, 6) is -0.309. The minimum atomic E-state index is -4.37. The van der Waals surface area contributed by atoms with Crippen molar-refractivity contribution in [1.29, 1.82) is 0 Å². The van der Waals surface area contributed by atoms with Gasteiger partial charge in [-0.2, -0.15) is 8.42 Å². The number of hydrogen-bond donors (Lipinski definition) is 0. The van der Waals surface area contributed by atoms with Crippen LogP contribution in [0.5, 0.6) is 0 Å². The molecule has 0 aromatic carbocycles. The lowest BCUT2D eigenvalue weighted by atomic mass is 10.8. The minimum Gasteiger partial charge on any atom is -0.379 e. The highest BCUT2D eigenvalue weighted by Gasteiger charge is 2.05. The van der Waals surface area contributed by atoms with Crippen molar-refractivity contribution in [3.63, 3.8) is 0 Å². The molecule has 0 bridgehead atoms. The molecule has 0 aliphatic rings. The monoisotopic (exact) mass is 190 g/mol. The van der Waals surface area contributed by atoms with Gasteiger partial charge in [0.15, 0.2) is 0 Å². The molecule has 0 rings (SSSR count). The molecule has 0 atom stereocenters. The summed E-state index contributed by atoms with van der Waals surface area (Å²) < 4.78 is 35.9. The first kappa shape index (κ1) is 10.1. The van der Waals surface area contributed by atoms with Crippen molar-refractivity contribution < 1.29 is 17.0 Å². The van der Waals surface area contributed by atoms with E-state index < -0.39 is 16.0 Å². The van der Waals surface area contributed by atoms with Crippen LogP contribution in [0.25, 0.3) is 0 Å². The fourth-order valence-electron chi connectivity index (χ4n) is 0.315. The van der Waals surface area contributed by atoms with Crippen molar-refractivity contribution in [1.82, 2.24) is 0 Å². The van der Waals surface area contributed by atoms with Crippen LogP contribution >= 0.6 is 11.6 Å². The van der Waals surface area contributed by atoms with Crippen LogP contribution < -0.4 is 0 Å². The van der Waals surface area contributed by atoms with Gasteiger partial charge in [0.2, 0.25) is 0 Å². The van der Waals surface area contributed by atoms with E-state index in [0.29, 0.717) is 0 Å². The van der Waals surface area contributed by atoms with Crippen molar-refractivity contribution >= 4 is 21.8 Å². The smallest absolute Gasteiger partial charge is 0.304 e. The van der Waals surface area contributed by atoms with Crippen LogP contribution in [-0.4, -0.2) is 33.3 Å². The Kier molecular flexibility index (Phi) is 4.93. The third-order valence-corrected chi connectivity index (χ3v) is 1.50. The first-order chi connectivity index (χ1) is 4.56. The van der Waals surface area contributed by atoms with Gasteiger partial charge in [-0.3, -0.25) is 0 Å². The maximum absolute atomic E-state index is 11.7. The third-order valence-electron chi connectivity index (χ3n) is 0.693. The van der Waals surface area contributed by atoms with Crippen molar-refractivity contribution in [2.75, 3.05) is 24.8 Å². The molecule has 0 amide bonds. The van der Waals surface area contributed by atoms with Crippen molar-refractivity contribution in [3.8, 4) is 0 Å².